The smallest absolute Gasteiger partial charge is 0.303 e. The zero-order chi connectivity index (χ0) is 42.4. The van der Waals surface area contributed by atoms with Crippen LogP contribution < -0.4 is 9.47 Å². The van der Waals surface area contributed by atoms with Gasteiger partial charge >= 0.3 is 23.9 Å². The molecule has 3 aromatic carbocycles. The number of esters is 4. The molecule has 10 atom stereocenters. The molecule has 59 heavy (non-hydrogen) atoms. The highest BCUT2D eigenvalue weighted by Gasteiger charge is 2.59. The molecule has 0 N–H and O–H groups in total. The average molecular weight is 820 g/mol. The third-order valence-electron chi connectivity index (χ3n) is 9.71. The molecule has 0 unspecified atom stereocenters. The Hall–Kier alpha value is -5.88. The SMILES string of the molecule is COc1ccc(O[C@H]2O[C@@H](C)[C@@H](O[C@@H]3O[C@H](COC(C)=O)[C@@H](OC(C)=O)[C@H](OC(C)=O)[C@H]3N3C(=O)c4ccccc4C3=O)[C@@H](OC(C)=O)[C@@H]2OCc2ccccc2)cc1. The first-order valence-corrected chi connectivity index (χ1v) is 18.8. The predicted molar refractivity (Wildman–Crippen MR) is 201 cm³/mol. The molecule has 0 radical (unpaired) electrons. The summed E-state index contributed by atoms with van der Waals surface area (Å²) in [5.41, 5.74) is 0.858. The molecule has 3 aromatic rings. The molecule has 0 bridgehead atoms. The summed E-state index contributed by atoms with van der Waals surface area (Å²) >= 11 is 0. The molecule has 3 heterocycles. The molecule has 17 heteroatoms. The van der Waals surface area contributed by atoms with E-state index in [9.17, 15) is 28.8 Å². The van der Waals surface area contributed by atoms with Gasteiger partial charge < -0.3 is 47.4 Å². The minimum Gasteiger partial charge on any atom is -0.497 e. The molecule has 2 saturated heterocycles. The Morgan fingerprint density at radius 1 is 0.627 bits per heavy atom. The van der Waals surface area contributed by atoms with E-state index in [-0.39, 0.29) is 17.7 Å². The van der Waals surface area contributed by atoms with E-state index >= 15 is 0 Å². The molecule has 2 amide bonds. The van der Waals surface area contributed by atoms with Crippen LogP contribution in [0.3, 0.4) is 0 Å². The molecule has 0 aliphatic carbocycles. The van der Waals surface area contributed by atoms with Crippen molar-refractivity contribution in [3.8, 4) is 11.5 Å². The zero-order valence-electron chi connectivity index (χ0n) is 33.2. The Morgan fingerprint density at radius 2 is 1.19 bits per heavy atom. The van der Waals surface area contributed by atoms with E-state index in [0.717, 1.165) is 31.2 Å². The number of imide groups is 1. The standard InChI is InChI=1S/C42H45NO16/c1-22-34(37(56-26(5)47)38(52-20-27-12-8-7-9-13-27)42(53-22)57-29-18-16-28(50-6)17-19-29)59-41-33(43-39(48)30-14-10-11-15-31(30)40(43)49)36(55-25(4)46)35(54-24(3)45)32(58-41)21-51-23(2)44/h7-19,22,32-38,41-42H,20-21H2,1-6H3/t22-,32+,33+,34+,35+,36+,37+,38-,41-,42+/m0/s1. The van der Waals surface area contributed by atoms with Crippen molar-refractivity contribution in [1.82, 2.24) is 4.90 Å². The highest BCUT2D eigenvalue weighted by Crippen LogP contribution is 2.39. The second-order valence-corrected chi connectivity index (χ2v) is 13.9. The van der Waals surface area contributed by atoms with Crippen LogP contribution in [0.1, 0.15) is 60.9 Å². The first-order chi connectivity index (χ1) is 28.2. The summed E-state index contributed by atoms with van der Waals surface area (Å²) in [4.78, 5) is 79.4. The molecule has 0 saturated carbocycles. The summed E-state index contributed by atoms with van der Waals surface area (Å²) in [5.74, 6) is -3.78. The average Bonchev–Trinajstić information content (AvgIpc) is 3.44. The molecular weight excluding hydrogens is 774 g/mol. The lowest BCUT2D eigenvalue weighted by Crippen LogP contribution is -2.69. The Labute approximate surface area is 339 Å². The molecule has 3 aliphatic rings. The van der Waals surface area contributed by atoms with Crippen LogP contribution in [0.4, 0.5) is 0 Å². The highest BCUT2D eigenvalue weighted by atomic mass is 16.8. The van der Waals surface area contributed by atoms with E-state index in [1.165, 1.54) is 26.2 Å². The summed E-state index contributed by atoms with van der Waals surface area (Å²) in [6.45, 7) is 5.61. The van der Waals surface area contributed by atoms with Gasteiger partial charge in [-0.2, -0.15) is 0 Å². The largest absolute Gasteiger partial charge is 0.497 e. The van der Waals surface area contributed by atoms with Crippen molar-refractivity contribution < 1.29 is 76.1 Å². The maximum absolute atomic E-state index is 14.1. The fourth-order valence-corrected chi connectivity index (χ4v) is 7.21. The maximum Gasteiger partial charge on any atom is 0.303 e. The summed E-state index contributed by atoms with van der Waals surface area (Å²) in [6, 6.07) is 20.3. The molecule has 3 aliphatic heterocycles. The Balaban J connectivity index is 1.43. The highest BCUT2D eigenvalue weighted by molar-refractivity contribution is 6.21. The van der Waals surface area contributed by atoms with Crippen LogP contribution in [0.15, 0.2) is 78.9 Å². The van der Waals surface area contributed by atoms with E-state index in [1.54, 1.807) is 43.3 Å². The van der Waals surface area contributed by atoms with E-state index < -0.39 is 104 Å². The molecule has 17 nitrogen and oxygen atoms in total. The molecular formula is C42H45NO16. The second kappa shape index (κ2) is 18.8. The number of fused-ring (bicyclic) bond motifs is 1. The van der Waals surface area contributed by atoms with Gasteiger partial charge in [-0.25, -0.2) is 0 Å². The van der Waals surface area contributed by atoms with Gasteiger partial charge in [-0.1, -0.05) is 42.5 Å². The molecule has 2 fully saturated rings. The van der Waals surface area contributed by atoms with Crippen molar-refractivity contribution in [2.75, 3.05) is 13.7 Å². The van der Waals surface area contributed by atoms with Crippen LogP contribution in [0.5, 0.6) is 11.5 Å². The fourth-order valence-electron chi connectivity index (χ4n) is 7.21. The lowest BCUT2D eigenvalue weighted by atomic mass is 9.93. The van der Waals surface area contributed by atoms with Gasteiger partial charge in [0.1, 0.15) is 36.4 Å². The topological polar surface area (TPSA) is 198 Å². The van der Waals surface area contributed by atoms with Crippen molar-refractivity contribution in [1.29, 1.82) is 0 Å². The third-order valence-corrected chi connectivity index (χ3v) is 9.71. The van der Waals surface area contributed by atoms with Crippen LogP contribution in [0, 0.1) is 0 Å². The predicted octanol–water partition coefficient (Wildman–Crippen LogP) is 3.54. The summed E-state index contributed by atoms with van der Waals surface area (Å²) in [7, 11) is 1.53. The second-order valence-electron chi connectivity index (χ2n) is 13.9. The number of rotatable bonds is 14. The number of hydrogen-bond acceptors (Lipinski definition) is 16. The van der Waals surface area contributed by atoms with Gasteiger partial charge in [0.25, 0.3) is 11.8 Å². The van der Waals surface area contributed by atoms with Crippen LogP contribution >= 0.6 is 0 Å². The Morgan fingerprint density at radius 3 is 1.76 bits per heavy atom. The molecule has 0 aromatic heterocycles. The minimum absolute atomic E-state index is 0.0108. The summed E-state index contributed by atoms with van der Waals surface area (Å²) in [6.07, 6.45) is -12.3. The fraction of sp³-hybridized carbons (Fsp3) is 0.429. The number of methoxy groups -OCH3 is 1. The van der Waals surface area contributed by atoms with Gasteiger partial charge in [0.05, 0.1) is 30.9 Å². The van der Waals surface area contributed by atoms with Gasteiger partial charge in [0.2, 0.25) is 6.29 Å². The van der Waals surface area contributed by atoms with Gasteiger partial charge in [-0.05, 0) is 48.9 Å². The van der Waals surface area contributed by atoms with Crippen LogP contribution in [-0.4, -0.2) is 116 Å². The normalized spacial score (nSPS) is 27.6. The van der Waals surface area contributed by atoms with Crippen molar-refractivity contribution in [3.05, 3.63) is 95.6 Å². The number of amides is 2. The number of nitrogens with zero attached hydrogens (tertiary/aromatic N) is 1. The minimum atomic E-state index is -1.74. The monoisotopic (exact) mass is 819 g/mol. The lowest BCUT2D eigenvalue weighted by Gasteiger charge is -2.50. The first-order valence-electron chi connectivity index (χ1n) is 18.8. The number of carbonyl (C=O) groups is 6. The van der Waals surface area contributed by atoms with E-state index in [1.807, 2.05) is 30.3 Å². The van der Waals surface area contributed by atoms with Gasteiger partial charge in [-0.3, -0.25) is 33.7 Å². The van der Waals surface area contributed by atoms with Crippen LogP contribution in [0.25, 0.3) is 0 Å². The quantitative estimate of drug-likeness (QED) is 0.130. The number of benzene rings is 3. The van der Waals surface area contributed by atoms with E-state index in [0.29, 0.717) is 11.5 Å². The van der Waals surface area contributed by atoms with Gasteiger partial charge in [0, 0.05) is 27.7 Å². The first kappa shape index (κ1) is 42.7. The van der Waals surface area contributed by atoms with Gasteiger partial charge in [0.15, 0.2) is 30.7 Å². The molecule has 0 spiro atoms. The third kappa shape index (κ3) is 9.88. The van der Waals surface area contributed by atoms with Crippen molar-refractivity contribution in [3.63, 3.8) is 0 Å². The van der Waals surface area contributed by atoms with Gasteiger partial charge in [-0.15, -0.1) is 0 Å². The van der Waals surface area contributed by atoms with Crippen LogP contribution in [-0.2, 0) is 63.7 Å². The summed E-state index contributed by atoms with van der Waals surface area (Å²) < 4.78 is 60.1. The zero-order valence-corrected chi connectivity index (χ0v) is 33.2. The van der Waals surface area contributed by atoms with E-state index in [2.05, 4.69) is 0 Å². The van der Waals surface area contributed by atoms with Crippen LogP contribution in [0.2, 0.25) is 0 Å². The maximum atomic E-state index is 14.1. The molecule has 6 rings (SSSR count). The number of ether oxygens (including phenoxy) is 10. The number of carbonyl (C=O) groups excluding carboxylic acids is 6. The van der Waals surface area contributed by atoms with E-state index in [4.69, 9.17) is 47.4 Å². The lowest BCUT2D eigenvalue weighted by molar-refractivity contribution is -0.343. The Bertz CT molecular complexity index is 1970. The number of hydrogen-bond donors (Lipinski definition) is 0. The van der Waals surface area contributed by atoms with Crippen molar-refractivity contribution in [2.45, 2.75) is 103 Å². The Kier molecular flexibility index (Phi) is 13.6. The molecule has 314 valence electrons. The van der Waals surface area contributed by atoms with Crippen molar-refractivity contribution in [2.24, 2.45) is 0 Å². The van der Waals surface area contributed by atoms with Crippen molar-refractivity contribution >= 4 is 35.7 Å². The summed E-state index contributed by atoms with van der Waals surface area (Å²) in [5, 5.41) is 0.